The zero-order valence-electron chi connectivity index (χ0n) is 12.3. The second kappa shape index (κ2) is 23.6. The van der Waals surface area contributed by atoms with Crippen LogP contribution in [0.2, 0.25) is 0 Å². The summed E-state index contributed by atoms with van der Waals surface area (Å²) in [4.78, 5) is 34.3. The summed E-state index contributed by atoms with van der Waals surface area (Å²) in [5.41, 5.74) is 0.218. The Morgan fingerprint density at radius 1 is 0.600 bits per heavy atom. The molecule has 1 radical (unpaired) electrons. The standard InChI is InChI=1S/2C5H4N2O2.Cu.6H2O/c2*8-5(9)4-1-6-3-7-2-4;;;;;;;/h2*1-3H,(H,8,9);;6*1H2. The van der Waals surface area contributed by atoms with Gasteiger partial charge < -0.3 is 43.1 Å². The first-order valence-electron chi connectivity index (χ1n) is 4.58. The van der Waals surface area contributed by atoms with Crippen LogP contribution in [0, 0.1) is 0 Å². The topological polar surface area (TPSA) is 315 Å². The Hall–Kier alpha value is -2.62. The van der Waals surface area contributed by atoms with Crippen molar-refractivity contribution in [3.8, 4) is 0 Å². The Bertz CT molecular complexity index is 484. The first-order chi connectivity index (χ1) is 8.61. The van der Waals surface area contributed by atoms with Gasteiger partial charge >= 0.3 is 11.9 Å². The maximum Gasteiger partial charge on any atom is 0.338 e. The van der Waals surface area contributed by atoms with Crippen LogP contribution < -0.4 is 0 Å². The second-order valence-electron chi connectivity index (χ2n) is 2.86. The van der Waals surface area contributed by atoms with Gasteiger partial charge in [-0.05, 0) is 0 Å². The van der Waals surface area contributed by atoms with Crippen LogP contribution in [-0.2, 0) is 17.1 Å². The Kier molecular flexibility index (Phi) is 40.9. The SMILES string of the molecule is O.O.O.O.O.O.O=C(O)c1cncnc1.O=C(O)c1cncnc1.[Cu]. The van der Waals surface area contributed by atoms with Gasteiger partial charge in [0.25, 0.3) is 0 Å². The van der Waals surface area contributed by atoms with Crippen LogP contribution in [0.3, 0.4) is 0 Å². The number of aromatic nitrogens is 4. The van der Waals surface area contributed by atoms with E-state index in [0.717, 1.165) is 0 Å². The van der Waals surface area contributed by atoms with Gasteiger partial charge in [0.15, 0.2) is 0 Å². The van der Waals surface area contributed by atoms with Crippen molar-refractivity contribution in [3.63, 3.8) is 0 Å². The molecule has 0 saturated heterocycles. The molecule has 0 atom stereocenters. The van der Waals surface area contributed by atoms with E-state index in [0.29, 0.717) is 0 Å². The van der Waals surface area contributed by atoms with Gasteiger partial charge in [0.2, 0.25) is 0 Å². The first kappa shape index (κ1) is 43.2. The van der Waals surface area contributed by atoms with Crippen molar-refractivity contribution in [3.05, 3.63) is 48.6 Å². The molecule has 2 rings (SSSR count). The van der Waals surface area contributed by atoms with Crippen LogP contribution in [0.25, 0.3) is 0 Å². The van der Waals surface area contributed by atoms with Crippen molar-refractivity contribution >= 4 is 11.9 Å². The molecule has 2 aromatic heterocycles. The number of carboxylic acids is 2. The van der Waals surface area contributed by atoms with Crippen LogP contribution in [0.4, 0.5) is 0 Å². The number of rotatable bonds is 2. The molecule has 151 valence electrons. The van der Waals surface area contributed by atoms with E-state index in [2.05, 4.69) is 19.9 Å². The average molecular weight is 420 g/mol. The van der Waals surface area contributed by atoms with Crippen molar-refractivity contribution in [2.24, 2.45) is 0 Å². The van der Waals surface area contributed by atoms with Gasteiger partial charge in [0.1, 0.15) is 12.7 Å². The molecule has 0 saturated carbocycles. The molecule has 25 heavy (non-hydrogen) atoms. The van der Waals surface area contributed by atoms with Gasteiger partial charge in [-0.2, -0.15) is 0 Å². The minimum absolute atomic E-state index is 0. The van der Waals surface area contributed by atoms with Gasteiger partial charge in [-0.15, -0.1) is 0 Å². The third-order valence-corrected chi connectivity index (χ3v) is 1.62. The summed E-state index contributed by atoms with van der Waals surface area (Å²) in [5, 5.41) is 16.6. The zero-order chi connectivity index (χ0) is 13.4. The van der Waals surface area contributed by atoms with Crippen molar-refractivity contribution in [1.82, 2.24) is 19.9 Å². The summed E-state index contributed by atoms with van der Waals surface area (Å²) in [6.45, 7) is 0. The molecule has 0 amide bonds. The van der Waals surface area contributed by atoms with Crippen molar-refractivity contribution in [2.75, 3.05) is 0 Å². The summed E-state index contributed by atoms with van der Waals surface area (Å²) in [5.74, 6) is -2.01. The molecule has 14 N–H and O–H groups in total. The minimum Gasteiger partial charge on any atom is -0.478 e. The van der Waals surface area contributed by atoms with Crippen molar-refractivity contribution in [2.45, 2.75) is 0 Å². The van der Waals surface area contributed by atoms with E-state index in [1.54, 1.807) is 0 Å². The van der Waals surface area contributed by atoms with E-state index >= 15 is 0 Å². The maximum absolute atomic E-state index is 10.1. The molecule has 15 heteroatoms. The molecule has 0 aliphatic rings. The molecule has 0 bridgehead atoms. The average Bonchev–Trinajstić information content (AvgIpc) is 2.41. The summed E-state index contributed by atoms with van der Waals surface area (Å²) in [6, 6.07) is 0. The smallest absolute Gasteiger partial charge is 0.338 e. The van der Waals surface area contributed by atoms with Crippen LogP contribution in [0.5, 0.6) is 0 Å². The predicted molar refractivity (Wildman–Crippen MR) is 79.7 cm³/mol. The molecule has 14 nitrogen and oxygen atoms in total. The van der Waals surface area contributed by atoms with E-state index in [-0.39, 0.29) is 61.1 Å². The molecule has 0 aromatic carbocycles. The summed E-state index contributed by atoms with van der Waals surface area (Å²) in [7, 11) is 0. The normalized spacial score (nSPS) is 6.40. The molecule has 2 heterocycles. The predicted octanol–water partition coefficient (Wildman–Crippen LogP) is -4.60. The van der Waals surface area contributed by atoms with Gasteiger partial charge in [0, 0.05) is 41.9 Å². The molecule has 0 unspecified atom stereocenters. The van der Waals surface area contributed by atoms with Crippen LogP contribution >= 0.6 is 0 Å². The molecule has 0 spiro atoms. The largest absolute Gasteiger partial charge is 0.478 e. The first-order valence-corrected chi connectivity index (χ1v) is 4.58. The molecule has 0 aliphatic carbocycles. The fraction of sp³-hybridized carbons (Fsp3) is 0. The van der Waals surface area contributed by atoms with E-state index in [1.807, 2.05) is 0 Å². The third kappa shape index (κ3) is 17.6. The van der Waals surface area contributed by atoms with E-state index in [1.165, 1.54) is 37.4 Å². The maximum atomic E-state index is 10.1. The summed E-state index contributed by atoms with van der Waals surface area (Å²) in [6.07, 6.45) is 7.55. The minimum atomic E-state index is -1.00. The Morgan fingerprint density at radius 2 is 0.800 bits per heavy atom. The molecular weight excluding hydrogens is 400 g/mol. The number of hydrogen-bond acceptors (Lipinski definition) is 6. The third-order valence-electron chi connectivity index (χ3n) is 1.62. The number of carbonyl (C=O) groups is 2. The molecule has 0 aliphatic heterocycles. The van der Waals surface area contributed by atoms with Crippen LogP contribution in [0.15, 0.2) is 37.4 Å². The van der Waals surface area contributed by atoms with Gasteiger partial charge in [-0.1, -0.05) is 0 Å². The number of carboxylic acid groups (broad SMARTS) is 2. The number of hydrogen-bond donors (Lipinski definition) is 2. The summed E-state index contributed by atoms with van der Waals surface area (Å²) >= 11 is 0. The van der Waals surface area contributed by atoms with E-state index < -0.39 is 11.9 Å². The van der Waals surface area contributed by atoms with Crippen molar-refractivity contribution < 1.29 is 69.7 Å². The quantitative estimate of drug-likeness (QED) is 0.444. The molecule has 2 aromatic rings. The number of aromatic carboxylic acids is 2. The van der Waals surface area contributed by atoms with E-state index in [4.69, 9.17) is 10.2 Å². The summed E-state index contributed by atoms with van der Waals surface area (Å²) < 4.78 is 0. The molecule has 0 fully saturated rings. The Balaban J connectivity index is -0.0000000405. The van der Waals surface area contributed by atoms with Gasteiger partial charge in [0.05, 0.1) is 11.1 Å². The van der Waals surface area contributed by atoms with Gasteiger partial charge in [-0.25, -0.2) is 29.5 Å². The van der Waals surface area contributed by atoms with E-state index in [9.17, 15) is 9.59 Å². The van der Waals surface area contributed by atoms with Crippen LogP contribution in [-0.4, -0.2) is 74.9 Å². The second-order valence-corrected chi connectivity index (χ2v) is 2.86. The zero-order valence-corrected chi connectivity index (χ0v) is 13.2. The van der Waals surface area contributed by atoms with Gasteiger partial charge in [-0.3, -0.25) is 0 Å². The Labute approximate surface area is 150 Å². The van der Waals surface area contributed by atoms with Crippen LogP contribution in [0.1, 0.15) is 20.7 Å². The van der Waals surface area contributed by atoms with Crippen molar-refractivity contribution in [1.29, 1.82) is 0 Å². The Morgan fingerprint density at radius 3 is 0.920 bits per heavy atom. The number of nitrogens with zero attached hydrogens (tertiary/aromatic N) is 4. The monoisotopic (exact) mass is 419 g/mol. The fourth-order valence-electron chi connectivity index (χ4n) is 0.819. The molecular formula is C10H20CuN4O10. The fourth-order valence-corrected chi connectivity index (χ4v) is 0.819.